The predicted octanol–water partition coefficient (Wildman–Crippen LogP) is 1.51. The Bertz CT molecular complexity index is 4320. The van der Waals surface area contributed by atoms with Gasteiger partial charge in [-0.15, -0.1) is 0 Å². The number of hydrogen-bond donors (Lipinski definition) is 18. The summed E-state index contributed by atoms with van der Waals surface area (Å²) in [4.78, 5) is 52.5. The molecule has 3 aromatic rings. The third-order valence-electron chi connectivity index (χ3n) is 25.1. The molecule has 36 nitrogen and oxygen atoms in total. The Labute approximate surface area is 739 Å². The van der Waals surface area contributed by atoms with E-state index in [0.717, 1.165) is 44.8 Å². The summed E-state index contributed by atoms with van der Waals surface area (Å²) < 4.78 is 68.6. The fraction of sp³-hybridized carbons (Fsp3) is 0.690. The van der Waals surface area contributed by atoms with E-state index in [-0.39, 0.29) is 69.2 Å². The smallest absolute Gasteiger partial charge is 0.311 e. The Morgan fingerprint density at radius 3 is 1.91 bits per heavy atom. The van der Waals surface area contributed by atoms with E-state index in [4.69, 9.17) is 108 Å². The molecule has 8 aliphatic rings. The Hall–Kier alpha value is -5.81. The number of Topliss-reactive ketones (excluding diaryl/α,β-unsaturated/α-hetero) is 1. The molecule has 6 fully saturated rings. The number of cyclic esters (lactones) is 1. The van der Waals surface area contributed by atoms with Crippen molar-refractivity contribution in [3.63, 3.8) is 0 Å². The van der Waals surface area contributed by atoms with Crippen LogP contribution in [0.4, 0.5) is 11.4 Å². The second kappa shape index (κ2) is 44.4. The minimum absolute atomic E-state index is 0.0101. The van der Waals surface area contributed by atoms with Crippen LogP contribution < -0.4 is 38.9 Å². The van der Waals surface area contributed by atoms with Gasteiger partial charge in [0.1, 0.15) is 96.8 Å². The number of aliphatic hydroxyl groups excluding tert-OH is 11. The Kier molecular flexibility index (Phi) is 36.6. The molecule has 0 spiro atoms. The number of halogens is 2. The van der Waals surface area contributed by atoms with E-state index in [1.54, 1.807) is 48.5 Å². The van der Waals surface area contributed by atoms with Crippen LogP contribution in [0.5, 0.6) is 0 Å². The van der Waals surface area contributed by atoms with Crippen LogP contribution in [0.2, 0.25) is 10.0 Å². The lowest BCUT2D eigenvalue weighted by molar-refractivity contribution is -0.332. The quantitative estimate of drug-likeness (QED) is 0.0345. The molecule has 125 heavy (non-hydrogen) atoms. The zero-order valence-electron chi connectivity index (χ0n) is 73.9. The number of para-hydroxylation sites is 2. The van der Waals surface area contributed by atoms with Crippen molar-refractivity contribution in [3.8, 4) is 17.1 Å². The molecule has 5 saturated heterocycles. The van der Waals surface area contributed by atoms with E-state index in [1.807, 2.05) is 99.6 Å². The number of methoxy groups -OCH3 is 2. The highest BCUT2D eigenvalue weighted by atomic mass is 35.5. The average molecular weight is 1810 g/mol. The Morgan fingerprint density at radius 1 is 0.704 bits per heavy atom. The van der Waals surface area contributed by atoms with E-state index in [2.05, 4.69) is 47.2 Å². The highest BCUT2D eigenvalue weighted by molar-refractivity contribution is 6.31. The number of carbonyl (C=O) groups excluding carboxylic acids is 3. The fourth-order valence-electron chi connectivity index (χ4n) is 17.5. The maximum atomic E-state index is 14.2. The van der Waals surface area contributed by atoms with E-state index in [9.17, 15) is 75.7 Å². The van der Waals surface area contributed by atoms with Gasteiger partial charge in [-0.3, -0.25) is 19.4 Å². The first kappa shape index (κ1) is 103. The lowest BCUT2D eigenvalue weighted by Crippen LogP contribution is -2.69. The summed E-state index contributed by atoms with van der Waals surface area (Å²) >= 11 is 12.2. The second-order valence-corrected chi connectivity index (χ2v) is 36.0. The van der Waals surface area contributed by atoms with Crippen molar-refractivity contribution < 1.29 is 128 Å². The molecule has 0 bridgehead atoms. The number of carbonyl (C=O) groups is 3. The van der Waals surface area contributed by atoms with Gasteiger partial charge >= 0.3 is 5.97 Å². The molecule has 1 saturated carbocycles. The van der Waals surface area contributed by atoms with Crippen LogP contribution in [0.15, 0.2) is 89.9 Å². The molecule has 0 aromatic heterocycles. The second-order valence-electron chi connectivity index (χ2n) is 35.1. The Morgan fingerprint density at radius 2 is 1.31 bits per heavy atom. The van der Waals surface area contributed by atoms with Crippen LogP contribution >= 0.6 is 23.2 Å². The number of nitrogens with one attached hydrogen (secondary N) is 2. The van der Waals surface area contributed by atoms with Crippen molar-refractivity contribution in [1.29, 1.82) is 0 Å². The maximum Gasteiger partial charge on any atom is 0.311 e. The largest absolute Gasteiger partial charge is 0.459 e. The number of aromatic nitrogens is 2. The SMILES string of the molecule is CC(C)N=c1cc2n(-c3ccc(Cl)cc3)c3ccccc3nc-2cc1Nc1ccc(Cl)cc1.CC[C@H]1OC(=O)[C@H](C)[C@@H](O[C@H]2C[C@@](C)(OC)[C@@H](O)[C@H](C)O2)[C@H](C)[C@@H](O[C@@H]2O[C@H](C)C[C@H](N(C)C)[C@H]2O)[C@](C)(OC)C[C@@H](C)C(=O)[C@H](C)[C@@H](O)[C@]1(C)O.NCC[C@H](O)C(=O)N[C@@H]1C[C@H](N)[C@@H](O[C@H]2O[C@H](CN)[C@@H](O)[C@H](O)[C@H]2O)[C@H](O)[C@H]1O[C@H]1O[C@H](CO)[C@@H](O)[C@H](N)[C@H]1O. The van der Waals surface area contributed by atoms with Crippen LogP contribution in [0.3, 0.4) is 0 Å². The summed E-state index contributed by atoms with van der Waals surface area (Å²) in [5.41, 5.74) is 25.4. The normalized spacial score (nSPS) is 38.6. The van der Waals surface area contributed by atoms with Crippen LogP contribution in [-0.4, -0.2) is 330 Å². The first-order valence-electron chi connectivity index (χ1n) is 42.7. The molecule has 1 amide bonds. The number of fused-ring (bicyclic) bond motifs is 2. The topological polar surface area (TPSA) is 557 Å². The minimum atomic E-state index is -1.96. The van der Waals surface area contributed by atoms with Crippen molar-refractivity contribution in [2.24, 2.45) is 51.6 Å². The van der Waals surface area contributed by atoms with Gasteiger partial charge < -0.3 is 156 Å². The molecule has 3 aromatic carbocycles. The zero-order valence-corrected chi connectivity index (χ0v) is 75.4. The first-order valence-corrected chi connectivity index (χ1v) is 43.5. The third-order valence-corrected chi connectivity index (χ3v) is 25.6. The molecule has 38 heteroatoms. The maximum absolute atomic E-state index is 14.2. The van der Waals surface area contributed by atoms with Gasteiger partial charge in [-0.05, 0) is 181 Å². The van der Waals surface area contributed by atoms with Gasteiger partial charge in [0.25, 0.3) is 0 Å². The highest BCUT2D eigenvalue weighted by Gasteiger charge is 2.57. The fourth-order valence-corrected chi connectivity index (χ4v) is 17.8. The molecule has 0 radical (unpaired) electrons. The van der Waals surface area contributed by atoms with Gasteiger partial charge in [-0.25, -0.2) is 4.98 Å². The first-order chi connectivity index (χ1) is 58.8. The van der Waals surface area contributed by atoms with Crippen LogP contribution in [0, 0.1) is 23.7 Å². The van der Waals surface area contributed by atoms with Crippen molar-refractivity contribution in [2.75, 3.05) is 53.3 Å². The van der Waals surface area contributed by atoms with E-state index >= 15 is 0 Å². The average Bonchev–Trinajstić information content (AvgIpc) is 0.754. The van der Waals surface area contributed by atoms with E-state index < -0.39 is 212 Å². The molecular formula is C87H134Cl2N10O26. The molecule has 702 valence electrons. The van der Waals surface area contributed by atoms with Crippen molar-refractivity contribution in [2.45, 2.75) is 310 Å². The summed E-state index contributed by atoms with van der Waals surface area (Å²) in [7, 11) is 6.77. The summed E-state index contributed by atoms with van der Waals surface area (Å²) in [6.45, 7) is 20.3. The van der Waals surface area contributed by atoms with E-state index in [1.165, 1.54) is 21.1 Å². The predicted molar refractivity (Wildman–Crippen MR) is 461 cm³/mol. The number of likely N-dealkylation sites (N-methyl/N-ethyl adjacent to an activating group) is 1. The number of rotatable bonds is 22. The number of amides is 1. The summed E-state index contributed by atoms with van der Waals surface area (Å²) in [6, 6.07) is 24.2. The minimum Gasteiger partial charge on any atom is -0.459 e. The molecule has 22 N–H and O–H groups in total. The molecule has 6 aliphatic heterocycles. The van der Waals surface area contributed by atoms with Crippen LogP contribution in [-0.2, 0) is 66.5 Å². The standard InChI is InChI=1S/C38H69NO13.C27H22Cl2N4.C22H43N5O13/c1-15-26-38(10,45)31(42)21(4)28(40)19(2)17-37(9,47-14)33(52-35-29(41)25(39(11)12)16-20(3)48-35)22(5)30(23(6)34(44)50-26)51-27-18-36(8,46-13)32(43)24(7)49-27;1-17(2)30-24-16-27-25(15-23(24)31-20-11-7-18(28)8-12-20)32-22-5-3-4-6-26(22)33(27)21-13-9-19(29)10-14-21;23-2-1-8(29)20(36)27-7-3-6(25)18(39-22-16(34)15(33)13(31)9(4-24)37-22)17(35)19(7)40-21-14(32)11(26)12(30)10(5-28)38-21/h19-27,29-33,35,41-43,45H,15-18H2,1-14H3;3-17,31H,1-2H3;6-19,21-22,28-35H,1-5,23-26H2,(H,27,36)/t19-,20-,21+,22+,23-,24+,25+,26-,27+,29-,30+,31-,32+,33-,35+,36-,37-,38-;;6-,7+,8-,9+,10+,11-,12+,13+,14+,15-,16+,17-,18+,19-,21+,22+/m1.0/s1. The number of anilines is 2. The number of ketones is 1. The lowest BCUT2D eigenvalue weighted by Gasteiger charge is -2.50. The molecular weight excluding hydrogens is 1670 g/mol. The number of hydrogen-bond acceptors (Lipinski definition) is 34. The van der Waals surface area contributed by atoms with Gasteiger partial charge in [0.15, 0.2) is 25.2 Å². The molecule has 34 atom stereocenters. The summed E-state index contributed by atoms with van der Waals surface area (Å²) in [5, 5.41) is 136. The molecule has 11 rings (SSSR count). The van der Waals surface area contributed by atoms with Gasteiger partial charge in [-0.1, -0.05) is 63.0 Å². The van der Waals surface area contributed by atoms with Gasteiger partial charge in [0.2, 0.25) is 5.91 Å². The highest BCUT2D eigenvalue weighted by Crippen LogP contribution is 2.44. The molecule has 0 unspecified atom stereocenters. The van der Waals surface area contributed by atoms with Crippen LogP contribution in [0.25, 0.3) is 28.1 Å². The van der Waals surface area contributed by atoms with Gasteiger partial charge in [-0.2, -0.15) is 0 Å². The van der Waals surface area contributed by atoms with Crippen molar-refractivity contribution >= 4 is 63.3 Å². The van der Waals surface area contributed by atoms with Crippen LogP contribution in [0.1, 0.15) is 122 Å². The number of nitrogens with two attached hydrogens (primary N) is 4. The van der Waals surface area contributed by atoms with Gasteiger partial charge in [0, 0.05) is 84.5 Å². The number of ether oxygens (including phenoxy) is 11. The number of benzene rings is 4. The Balaban J connectivity index is 0.000000218. The zero-order chi connectivity index (χ0) is 92.5. The van der Waals surface area contributed by atoms with Crippen molar-refractivity contribution in [3.05, 3.63) is 100 Å². The molecule has 2 aliphatic carbocycles. The van der Waals surface area contributed by atoms with Crippen molar-refractivity contribution in [1.82, 2.24) is 19.8 Å². The van der Waals surface area contributed by atoms with Gasteiger partial charge in [0.05, 0.1) is 99.8 Å². The lowest BCUT2D eigenvalue weighted by atomic mass is 9.74. The number of aliphatic hydroxyl groups is 12. The summed E-state index contributed by atoms with van der Waals surface area (Å²) in [6.07, 6.45) is -28.5. The third kappa shape index (κ3) is 23.9. The number of esters is 1. The molecule has 6 heterocycles. The van der Waals surface area contributed by atoms with E-state index in [0.29, 0.717) is 16.5 Å². The number of nitrogens with zero attached hydrogens (tertiary/aromatic N) is 4. The summed E-state index contributed by atoms with van der Waals surface area (Å²) in [5.74, 6) is -5.31. The monoisotopic (exact) mass is 1800 g/mol.